The highest BCUT2D eigenvalue weighted by atomic mass is 16.1. The van der Waals surface area contributed by atoms with Gasteiger partial charge >= 0.3 is 0 Å². The molecule has 1 aromatic rings. The van der Waals surface area contributed by atoms with Crippen LogP contribution in [0, 0.1) is 6.92 Å². The number of rotatable bonds is 4. The van der Waals surface area contributed by atoms with Gasteiger partial charge < -0.3 is 10.2 Å². The van der Waals surface area contributed by atoms with Crippen molar-refractivity contribution in [2.45, 2.75) is 39.7 Å². The monoisotopic (exact) mass is 303 g/mol. The van der Waals surface area contributed by atoms with Crippen LogP contribution in [0.3, 0.4) is 0 Å². The predicted molar refractivity (Wildman–Crippen MR) is 92.3 cm³/mol. The van der Waals surface area contributed by atoms with Gasteiger partial charge in [-0.05, 0) is 45.4 Å². The summed E-state index contributed by atoms with van der Waals surface area (Å²) >= 11 is 0. The number of anilines is 1. The van der Waals surface area contributed by atoms with E-state index in [0.717, 1.165) is 32.7 Å². The van der Waals surface area contributed by atoms with Gasteiger partial charge in [-0.1, -0.05) is 12.1 Å². The Hall–Kier alpha value is -1.55. The Morgan fingerprint density at radius 1 is 1.18 bits per heavy atom. The molecule has 0 radical (unpaired) electrons. The Balaban J connectivity index is 1.74. The third-order valence-corrected chi connectivity index (χ3v) is 3.91. The van der Waals surface area contributed by atoms with Gasteiger partial charge in [0.05, 0.1) is 0 Å². The summed E-state index contributed by atoms with van der Waals surface area (Å²) < 4.78 is 0. The summed E-state index contributed by atoms with van der Waals surface area (Å²) in [7, 11) is 0. The lowest BCUT2D eigenvalue weighted by Crippen LogP contribution is -2.48. The first-order chi connectivity index (χ1) is 10.3. The van der Waals surface area contributed by atoms with E-state index in [4.69, 9.17) is 0 Å². The van der Waals surface area contributed by atoms with Crippen molar-refractivity contribution in [3.8, 4) is 0 Å². The van der Waals surface area contributed by atoms with Crippen molar-refractivity contribution < 1.29 is 4.79 Å². The van der Waals surface area contributed by atoms with Crippen LogP contribution in [-0.4, -0.2) is 49.1 Å². The van der Waals surface area contributed by atoms with E-state index in [1.54, 1.807) is 0 Å². The first kappa shape index (κ1) is 16.8. The van der Waals surface area contributed by atoms with Gasteiger partial charge in [-0.25, -0.2) is 0 Å². The van der Waals surface area contributed by atoms with Crippen LogP contribution in [0.2, 0.25) is 0 Å². The molecule has 1 aliphatic rings. The average Bonchev–Trinajstić information content (AvgIpc) is 2.44. The highest BCUT2D eigenvalue weighted by Gasteiger charge is 2.19. The second kappa shape index (κ2) is 7.14. The summed E-state index contributed by atoms with van der Waals surface area (Å²) in [4.78, 5) is 16.7. The Kier molecular flexibility index (Phi) is 5.46. The lowest BCUT2D eigenvalue weighted by molar-refractivity contribution is -0.122. The quantitative estimate of drug-likeness (QED) is 0.928. The van der Waals surface area contributed by atoms with E-state index in [2.05, 4.69) is 46.3 Å². The fourth-order valence-electron chi connectivity index (χ4n) is 2.79. The second-order valence-corrected chi connectivity index (χ2v) is 7.22. The van der Waals surface area contributed by atoms with Crippen molar-refractivity contribution in [1.82, 2.24) is 10.2 Å². The van der Waals surface area contributed by atoms with Gasteiger partial charge in [0.15, 0.2) is 0 Å². The molecule has 1 N–H and O–H groups in total. The normalized spacial score (nSPS) is 16.6. The standard InChI is InChI=1S/C18H29N3O/c1-15-6-5-7-16(14-15)21-12-10-20(11-13-21)9-8-17(22)19-18(2,3)4/h5-7,14H,8-13H2,1-4H3,(H,19,22). The topological polar surface area (TPSA) is 35.6 Å². The molecule has 4 nitrogen and oxygen atoms in total. The van der Waals surface area contributed by atoms with E-state index in [1.165, 1.54) is 11.3 Å². The van der Waals surface area contributed by atoms with Crippen molar-refractivity contribution in [3.63, 3.8) is 0 Å². The average molecular weight is 303 g/mol. The zero-order valence-corrected chi connectivity index (χ0v) is 14.4. The second-order valence-electron chi connectivity index (χ2n) is 7.22. The minimum Gasteiger partial charge on any atom is -0.369 e. The zero-order chi connectivity index (χ0) is 16.2. The molecule has 2 rings (SSSR count). The maximum absolute atomic E-state index is 11.9. The SMILES string of the molecule is Cc1cccc(N2CCN(CCC(=O)NC(C)(C)C)CC2)c1. The summed E-state index contributed by atoms with van der Waals surface area (Å²) in [6.07, 6.45) is 0.585. The number of carbonyl (C=O) groups is 1. The molecule has 122 valence electrons. The smallest absolute Gasteiger partial charge is 0.221 e. The van der Waals surface area contributed by atoms with Crippen LogP contribution in [0.4, 0.5) is 5.69 Å². The number of nitrogens with zero attached hydrogens (tertiary/aromatic N) is 2. The summed E-state index contributed by atoms with van der Waals surface area (Å²) in [6.45, 7) is 13.2. The molecule has 0 spiro atoms. The molecule has 1 heterocycles. The first-order valence-corrected chi connectivity index (χ1v) is 8.18. The van der Waals surface area contributed by atoms with Crippen LogP contribution in [0.25, 0.3) is 0 Å². The van der Waals surface area contributed by atoms with Crippen molar-refractivity contribution >= 4 is 11.6 Å². The molecular weight excluding hydrogens is 274 g/mol. The maximum Gasteiger partial charge on any atom is 0.221 e. The van der Waals surface area contributed by atoms with Crippen molar-refractivity contribution in [1.29, 1.82) is 0 Å². The summed E-state index contributed by atoms with van der Waals surface area (Å²) in [5.41, 5.74) is 2.48. The Morgan fingerprint density at radius 2 is 1.86 bits per heavy atom. The number of piperazine rings is 1. The van der Waals surface area contributed by atoms with Gasteiger partial charge in [0.2, 0.25) is 5.91 Å². The predicted octanol–water partition coefficient (Wildman–Crippen LogP) is 2.42. The Bertz CT molecular complexity index is 499. The number of amides is 1. The van der Waals surface area contributed by atoms with Crippen LogP contribution >= 0.6 is 0 Å². The minimum absolute atomic E-state index is 0.138. The van der Waals surface area contributed by atoms with Crippen LogP contribution in [0.1, 0.15) is 32.8 Å². The molecule has 0 bridgehead atoms. The molecule has 0 unspecified atom stereocenters. The lowest BCUT2D eigenvalue weighted by atomic mass is 10.1. The zero-order valence-electron chi connectivity index (χ0n) is 14.4. The fourth-order valence-corrected chi connectivity index (χ4v) is 2.79. The van der Waals surface area contributed by atoms with Gasteiger partial charge in [-0.3, -0.25) is 9.69 Å². The van der Waals surface area contributed by atoms with Crippen LogP contribution in [0.5, 0.6) is 0 Å². The van der Waals surface area contributed by atoms with Gasteiger partial charge in [-0.2, -0.15) is 0 Å². The molecule has 22 heavy (non-hydrogen) atoms. The van der Waals surface area contributed by atoms with Crippen molar-refractivity contribution in [3.05, 3.63) is 29.8 Å². The number of hydrogen-bond acceptors (Lipinski definition) is 3. The number of aryl methyl sites for hydroxylation is 1. The van der Waals surface area contributed by atoms with E-state index in [-0.39, 0.29) is 11.4 Å². The van der Waals surface area contributed by atoms with Crippen molar-refractivity contribution in [2.24, 2.45) is 0 Å². The highest BCUT2D eigenvalue weighted by Crippen LogP contribution is 2.17. The van der Waals surface area contributed by atoms with Gasteiger partial charge in [0.25, 0.3) is 0 Å². The molecule has 0 saturated carbocycles. The number of hydrogen-bond donors (Lipinski definition) is 1. The van der Waals surface area contributed by atoms with E-state index in [0.29, 0.717) is 6.42 Å². The third-order valence-electron chi connectivity index (χ3n) is 3.91. The minimum atomic E-state index is -0.138. The summed E-state index contributed by atoms with van der Waals surface area (Å²) in [5, 5.41) is 3.02. The van der Waals surface area contributed by atoms with Gasteiger partial charge in [-0.15, -0.1) is 0 Å². The summed E-state index contributed by atoms with van der Waals surface area (Å²) in [5.74, 6) is 0.147. The first-order valence-electron chi connectivity index (χ1n) is 8.18. The molecule has 0 aliphatic carbocycles. The third kappa shape index (κ3) is 5.34. The molecule has 1 aromatic carbocycles. The molecule has 1 amide bonds. The number of nitrogens with one attached hydrogen (secondary N) is 1. The largest absolute Gasteiger partial charge is 0.369 e. The number of carbonyl (C=O) groups excluding carboxylic acids is 1. The highest BCUT2D eigenvalue weighted by molar-refractivity contribution is 5.76. The van der Waals surface area contributed by atoms with Gasteiger partial charge in [0, 0.05) is 50.4 Å². The molecule has 0 atom stereocenters. The van der Waals surface area contributed by atoms with E-state index in [1.807, 2.05) is 20.8 Å². The summed E-state index contributed by atoms with van der Waals surface area (Å²) in [6, 6.07) is 8.67. The molecule has 1 fully saturated rings. The number of benzene rings is 1. The van der Waals surface area contributed by atoms with Crippen LogP contribution in [-0.2, 0) is 4.79 Å². The van der Waals surface area contributed by atoms with E-state index in [9.17, 15) is 4.79 Å². The van der Waals surface area contributed by atoms with Gasteiger partial charge in [0.1, 0.15) is 0 Å². The van der Waals surface area contributed by atoms with E-state index < -0.39 is 0 Å². The Labute approximate surface area is 134 Å². The fraction of sp³-hybridized carbons (Fsp3) is 0.611. The molecular formula is C18H29N3O. The Morgan fingerprint density at radius 3 is 2.45 bits per heavy atom. The molecule has 0 aromatic heterocycles. The molecule has 1 saturated heterocycles. The van der Waals surface area contributed by atoms with Crippen LogP contribution in [0.15, 0.2) is 24.3 Å². The van der Waals surface area contributed by atoms with E-state index >= 15 is 0 Å². The maximum atomic E-state index is 11.9. The lowest BCUT2D eigenvalue weighted by Gasteiger charge is -2.36. The van der Waals surface area contributed by atoms with Crippen molar-refractivity contribution in [2.75, 3.05) is 37.6 Å². The molecule has 1 aliphatic heterocycles. The molecule has 4 heteroatoms. The van der Waals surface area contributed by atoms with Crippen LogP contribution < -0.4 is 10.2 Å².